The lowest BCUT2D eigenvalue weighted by Crippen LogP contribution is -2.10. The summed E-state index contributed by atoms with van der Waals surface area (Å²) in [4.78, 5) is 0.764. The maximum absolute atomic E-state index is 11.9. The molecule has 0 aliphatic heterocycles. The van der Waals surface area contributed by atoms with Crippen molar-refractivity contribution in [2.75, 3.05) is 11.5 Å². The summed E-state index contributed by atoms with van der Waals surface area (Å²) in [5, 5.41) is 8.87. The van der Waals surface area contributed by atoms with E-state index in [0.29, 0.717) is 11.4 Å². The van der Waals surface area contributed by atoms with Gasteiger partial charge < -0.3 is 5.73 Å². The van der Waals surface area contributed by atoms with Gasteiger partial charge in [0.2, 0.25) is 0 Å². The Kier molecular flexibility index (Phi) is 4.71. The van der Waals surface area contributed by atoms with Gasteiger partial charge in [-0.05, 0) is 44.9 Å². The Hall–Kier alpha value is -1.34. The fraction of sp³-hybridized carbons (Fsp3) is 0.462. The summed E-state index contributed by atoms with van der Waals surface area (Å²) in [5.41, 5.74) is 5.94. The second-order valence-electron chi connectivity index (χ2n) is 4.72. The Bertz CT molecular complexity index is 449. The number of benzene rings is 1. The van der Waals surface area contributed by atoms with Gasteiger partial charge in [0.25, 0.3) is 0 Å². The lowest BCUT2D eigenvalue weighted by Gasteiger charge is -2.14. The summed E-state index contributed by atoms with van der Waals surface area (Å²) in [6.07, 6.45) is 1.54. The fourth-order valence-corrected chi connectivity index (χ4v) is 2.62. The molecule has 1 aromatic rings. The Labute approximate surface area is 105 Å². The molecule has 0 bridgehead atoms. The minimum absolute atomic E-state index is 0.333. The van der Waals surface area contributed by atoms with E-state index in [1.54, 1.807) is 12.1 Å². The molecule has 0 radical (unpaired) electrons. The smallest absolute Gasteiger partial charge is 0.0683 e. The molecular formula is C13H18N2OS. The molecule has 0 saturated carbocycles. The Morgan fingerprint density at radius 1 is 1.47 bits per heavy atom. The first-order chi connectivity index (χ1) is 7.94. The van der Waals surface area contributed by atoms with Gasteiger partial charge in [-0.15, -0.1) is 0 Å². The van der Waals surface area contributed by atoms with E-state index < -0.39 is 10.8 Å². The van der Waals surface area contributed by atoms with E-state index in [0.717, 1.165) is 17.7 Å². The molecule has 17 heavy (non-hydrogen) atoms. The van der Waals surface area contributed by atoms with Crippen LogP contribution in [0.1, 0.15) is 26.7 Å². The summed E-state index contributed by atoms with van der Waals surface area (Å²) in [7, 11) is -1.02. The summed E-state index contributed by atoms with van der Waals surface area (Å²) in [5.74, 6) is 0.578. The van der Waals surface area contributed by atoms with Crippen molar-refractivity contribution in [2.24, 2.45) is 5.41 Å². The summed E-state index contributed by atoms with van der Waals surface area (Å²) < 4.78 is 11.9. The molecule has 0 aliphatic carbocycles. The van der Waals surface area contributed by atoms with Crippen molar-refractivity contribution in [3.05, 3.63) is 24.3 Å². The average Bonchev–Trinajstić information content (AvgIpc) is 2.28. The summed E-state index contributed by atoms with van der Waals surface area (Å²) >= 11 is 0. The molecule has 1 rings (SSSR count). The second-order valence-corrected chi connectivity index (χ2v) is 6.29. The highest BCUT2D eigenvalue weighted by molar-refractivity contribution is 7.85. The van der Waals surface area contributed by atoms with E-state index in [-0.39, 0.29) is 5.41 Å². The van der Waals surface area contributed by atoms with Gasteiger partial charge in [0.05, 0.1) is 22.3 Å². The maximum Gasteiger partial charge on any atom is 0.0683 e. The van der Waals surface area contributed by atoms with Gasteiger partial charge in [-0.2, -0.15) is 5.26 Å². The Morgan fingerprint density at radius 2 is 2.18 bits per heavy atom. The van der Waals surface area contributed by atoms with Gasteiger partial charge in [-0.1, -0.05) is 6.07 Å². The van der Waals surface area contributed by atoms with Crippen LogP contribution in [0.15, 0.2) is 29.2 Å². The van der Waals surface area contributed by atoms with Crippen molar-refractivity contribution in [3.8, 4) is 6.07 Å². The summed E-state index contributed by atoms with van der Waals surface area (Å²) in [6.45, 7) is 3.80. The van der Waals surface area contributed by atoms with Crippen LogP contribution in [0.5, 0.6) is 0 Å². The Balaban J connectivity index is 2.49. The topological polar surface area (TPSA) is 66.9 Å². The zero-order valence-corrected chi connectivity index (χ0v) is 11.1. The molecule has 2 N–H and O–H groups in total. The number of nitrogens with zero attached hydrogens (tertiary/aromatic N) is 1. The lowest BCUT2D eigenvalue weighted by atomic mass is 9.90. The van der Waals surface area contributed by atoms with Crippen LogP contribution in [-0.4, -0.2) is 9.96 Å². The Morgan fingerprint density at radius 3 is 2.76 bits per heavy atom. The van der Waals surface area contributed by atoms with Gasteiger partial charge >= 0.3 is 0 Å². The van der Waals surface area contributed by atoms with Gasteiger partial charge in [-0.3, -0.25) is 4.21 Å². The number of hydrogen-bond donors (Lipinski definition) is 1. The minimum atomic E-state index is -1.02. The van der Waals surface area contributed by atoms with Gasteiger partial charge in [0, 0.05) is 16.3 Å². The van der Waals surface area contributed by atoms with Crippen LogP contribution in [0, 0.1) is 16.7 Å². The van der Waals surface area contributed by atoms with E-state index in [1.807, 2.05) is 26.0 Å². The molecule has 0 aliphatic rings. The van der Waals surface area contributed by atoms with E-state index in [2.05, 4.69) is 6.07 Å². The molecule has 0 saturated heterocycles. The molecule has 0 spiro atoms. The molecule has 0 amide bonds. The number of rotatable bonds is 5. The molecule has 4 heteroatoms. The number of hydrogen-bond acceptors (Lipinski definition) is 3. The largest absolute Gasteiger partial charge is 0.399 e. The van der Waals surface area contributed by atoms with Crippen molar-refractivity contribution in [3.63, 3.8) is 0 Å². The molecule has 3 nitrogen and oxygen atoms in total. The van der Waals surface area contributed by atoms with Crippen LogP contribution in [-0.2, 0) is 10.8 Å². The number of nitrogen functional groups attached to an aromatic ring is 1. The normalized spacial score (nSPS) is 13.0. The average molecular weight is 250 g/mol. The quantitative estimate of drug-likeness (QED) is 0.817. The van der Waals surface area contributed by atoms with Crippen LogP contribution in [0.4, 0.5) is 5.69 Å². The third-order valence-corrected chi connectivity index (χ3v) is 3.99. The fourth-order valence-electron chi connectivity index (χ4n) is 1.48. The number of anilines is 1. The number of nitrogens with two attached hydrogens (primary N) is 1. The predicted molar refractivity (Wildman–Crippen MR) is 70.8 cm³/mol. The molecule has 1 atom stereocenters. The van der Waals surface area contributed by atoms with Crippen molar-refractivity contribution in [1.29, 1.82) is 5.26 Å². The first kappa shape index (κ1) is 13.7. The monoisotopic (exact) mass is 250 g/mol. The highest BCUT2D eigenvalue weighted by atomic mass is 32.2. The zero-order chi connectivity index (χ0) is 12.9. The van der Waals surface area contributed by atoms with Gasteiger partial charge in [-0.25, -0.2) is 0 Å². The van der Waals surface area contributed by atoms with Crippen molar-refractivity contribution in [1.82, 2.24) is 0 Å². The molecule has 92 valence electrons. The van der Waals surface area contributed by atoms with Crippen LogP contribution in [0.2, 0.25) is 0 Å². The number of nitriles is 1. The molecule has 1 unspecified atom stereocenters. The highest BCUT2D eigenvalue weighted by Gasteiger charge is 2.16. The van der Waals surface area contributed by atoms with Crippen LogP contribution in [0.3, 0.4) is 0 Å². The SMILES string of the molecule is CC(C)(C#N)CCCS(=O)c1cccc(N)c1. The van der Waals surface area contributed by atoms with Gasteiger partial charge in [0.15, 0.2) is 0 Å². The minimum Gasteiger partial charge on any atom is -0.399 e. The van der Waals surface area contributed by atoms with Crippen molar-refractivity contribution < 1.29 is 4.21 Å². The van der Waals surface area contributed by atoms with Crippen molar-refractivity contribution in [2.45, 2.75) is 31.6 Å². The predicted octanol–water partition coefficient (Wildman–Crippen LogP) is 2.71. The third kappa shape index (κ3) is 4.58. The highest BCUT2D eigenvalue weighted by Crippen LogP contribution is 2.21. The molecule has 0 aromatic heterocycles. The summed E-state index contributed by atoms with van der Waals surface area (Å²) in [6, 6.07) is 9.39. The van der Waals surface area contributed by atoms with Crippen molar-refractivity contribution >= 4 is 16.5 Å². The van der Waals surface area contributed by atoms with Crippen LogP contribution < -0.4 is 5.73 Å². The van der Waals surface area contributed by atoms with E-state index in [9.17, 15) is 4.21 Å². The molecule has 1 aromatic carbocycles. The van der Waals surface area contributed by atoms with Crippen LogP contribution >= 0.6 is 0 Å². The first-order valence-corrected chi connectivity index (χ1v) is 6.92. The standard InChI is InChI=1S/C13H18N2OS/c1-13(2,10-14)7-4-8-17(16)12-6-3-5-11(15)9-12/h3,5-6,9H,4,7-8,15H2,1-2H3. The lowest BCUT2D eigenvalue weighted by molar-refractivity contribution is 0.447. The van der Waals surface area contributed by atoms with Crippen LogP contribution in [0.25, 0.3) is 0 Å². The third-order valence-electron chi connectivity index (χ3n) is 2.56. The van der Waals surface area contributed by atoms with E-state index in [1.165, 1.54) is 0 Å². The maximum atomic E-state index is 11.9. The van der Waals surface area contributed by atoms with Gasteiger partial charge in [0.1, 0.15) is 0 Å². The molecule has 0 fully saturated rings. The zero-order valence-electron chi connectivity index (χ0n) is 10.3. The second kappa shape index (κ2) is 5.83. The van der Waals surface area contributed by atoms with E-state index in [4.69, 9.17) is 11.0 Å². The molecule has 0 heterocycles. The van der Waals surface area contributed by atoms with E-state index >= 15 is 0 Å². The first-order valence-electron chi connectivity index (χ1n) is 5.60. The molecular weight excluding hydrogens is 232 g/mol.